The summed E-state index contributed by atoms with van der Waals surface area (Å²) in [6.07, 6.45) is 0. The molecule has 0 saturated carbocycles. The Labute approximate surface area is 123 Å². The number of methoxy groups -OCH3 is 1. The van der Waals surface area contributed by atoms with Crippen molar-refractivity contribution in [1.29, 1.82) is 0 Å². The largest absolute Gasteiger partial charge is 0.383 e. The van der Waals surface area contributed by atoms with E-state index in [1.54, 1.807) is 26.8 Å². The quantitative estimate of drug-likeness (QED) is 0.664. The van der Waals surface area contributed by atoms with Gasteiger partial charge in [0.25, 0.3) is 15.0 Å². The molecule has 0 spiro atoms. The fourth-order valence-corrected chi connectivity index (χ4v) is 3.87. The summed E-state index contributed by atoms with van der Waals surface area (Å²) in [5, 5.41) is 2.68. The molecule has 0 saturated heterocycles. The van der Waals surface area contributed by atoms with Crippen molar-refractivity contribution in [2.75, 3.05) is 20.3 Å². The molecule has 1 rings (SSSR count). The van der Waals surface area contributed by atoms with Crippen molar-refractivity contribution in [3.05, 3.63) is 28.3 Å². The van der Waals surface area contributed by atoms with Crippen LogP contribution >= 0.6 is 10.7 Å². The SMILES string of the molecule is COCCNC(=O)c1c(C)cc(C)c(S(=O)(=O)Cl)c1C. The first-order chi connectivity index (χ1) is 9.20. The number of aryl methyl sites for hydroxylation is 2. The molecule has 20 heavy (non-hydrogen) atoms. The van der Waals surface area contributed by atoms with Gasteiger partial charge in [-0.2, -0.15) is 0 Å². The maximum Gasteiger partial charge on any atom is 0.261 e. The van der Waals surface area contributed by atoms with Gasteiger partial charge in [0.05, 0.1) is 11.5 Å². The Balaban J connectivity index is 3.31. The number of ether oxygens (including phenoxy) is 1. The summed E-state index contributed by atoms with van der Waals surface area (Å²) in [7, 11) is 3.09. The Morgan fingerprint density at radius 1 is 1.30 bits per heavy atom. The minimum absolute atomic E-state index is 0.00154. The zero-order chi connectivity index (χ0) is 15.5. The van der Waals surface area contributed by atoms with Gasteiger partial charge in [-0.15, -0.1) is 0 Å². The number of carbonyl (C=O) groups is 1. The lowest BCUT2D eigenvalue weighted by Gasteiger charge is -2.15. The van der Waals surface area contributed by atoms with Crippen molar-refractivity contribution >= 4 is 25.6 Å². The van der Waals surface area contributed by atoms with E-state index in [-0.39, 0.29) is 10.8 Å². The Kier molecular flexibility index (Phi) is 5.56. The molecule has 1 aromatic rings. The minimum Gasteiger partial charge on any atom is -0.383 e. The Morgan fingerprint density at radius 3 is 2.40 bits per heavy atom. The van der Waals surface area contributed by atoms with E-state index in [0.717, 1.165) is 0 Å². The summed E-state index contributed by atoms with van der Waals surface area (Å²) in [6, 6.07) is 1.65. The molecule has 112 valence electrons. The summed E-state index contributed by atoms with van der Waals surface area (Å²) in [4.78, 5) is 12.1. The third-order valence-electron chi connectivity index (χ3n) is 2.96. The Hall–Kier alpha value is -1.11. The van der Waals surface area contributed by atoms with Gasteiger partial charge in [-0.3, -0.25) is 4.79 Å². The van der Waals surface area contributed by atoms with Crippen molar-refractivity contribution in [2.45, 2.75) is 25.7 Å². The van der Waals surface area contributed by atoms with Crippen LogP contribution in [0.5, 0.6) is 0 Å². The van der Waals surface area contributed by atoms with Crippen molar-refractivity contribution in [1.82, 2.24) is 5.32 Å². The second-order valence-electron chi connectivity index (χ2n) is 4.53. The monoisotopic (exact) mass is 319 g/mol. The molecule has 0 atom stereocenters. The number of carbonyl (C=O) groups excluding carboxylic acids is 1. The molecular formula is C13H18ClNO4S. The van der Waals surface area contributed by atoms with Gasteiger partial charge >= 0.3 is 0 Å². The second kappa shape index (κ2) is 6.56. The lowest BCUT2D eigenvalue weighted by Crippen LogP contribution is -2.28. The van der Waals surface area contributed by atoms with Crippen LogP contribution < -0.4 is 5.32 Å². The van der Waals surface area contributed by atoms with Gasteiger partial charge in [-0.1, -0.05) is 6.07 Å². The molecule has 0 bridgehead atoms. The van der Waals surface area contributed by atoms with E-state index >= 15 is 0 Å². The fraction of sp³-hybridized carbons (Fsp3) is 0.462. The smallest absolute Gasteiger partial charge is 0.261 e. The number of rotatable bonds is 5. The molecule has 0 aromatic heterocycles. The highest BCUT2D eigenvalue weighted by atomic mass is 35.7. The third-order valence-corrected chi connectivity index (χ3v) is 4.54. The normalized spacial score (nSPS) is 11.4. The average molecular weight is 320 g/mol. The first kappa shape index (κ1) is 16.9. The van der Waals surface area contributed by atoms with Crippen LogP contribution in [-0.2, 0) is 13.8 Å². The van der Waals surface area contributed by atoms with Crippen LogP contribution in [0.4, 0.5) is 0 Å². The zero-order valence-electron chi connectivity index (χ0n) is 11.9. The molecule has 7 heteroatoms. The van der Waals surface area contributed by atoms with E-state index in [1.807, 2.05) is 0 Å². The summed E-state index contributed by atoms with van der Waals surface area (Å²) in [6.45, 7) is 5.74. The number of halogens is 1. The van der Waals surface area contributed by atoms with Crippen LogP contribution in [0.1, 0.15) is 27.0 Å². The summed E-state index contributed by atoms with van der Waals surface area (Å²) < 4.78 is 28.1. The number of hydrogen-bond donors (Lipinski definition) is 1. The van der Waals surface area contributed by atoms with E-state index in [1.165, 1.54) is 7.11 Å². The van der Waals surface area contributed by atoms with Gasteiger partial charge in [-0.05, 0) is 37.5 Å². The van der Waals surface area contributed by atoms with Crippen LogP contribution in [0.2, 0.25) is 0 Å². The molecule has 0 aliphatic carbocycles. The van der Waals surface area contributed by atoms with Gasteiger partial charge in [0.2, 0.25) is 0 Å². The van der Waals surface area contributed by atoms with Crippen LogP contribution in [0.25, 0.3) is 0 Å². The molecule has 0 radical (unpaired) electrons. The summed E-state index contributed by atoms with van der Waals surface area (Å²) in [5.74, 6) is -0.335. The number of amides is 1. The lowest BCUT2D eigenvalue weighted by atomic mass is 9.99. The second-order valence-corrected chi connectivity index (χ2v) is 7.03. The van der Waals surface area contributed by atoms with Crippen LogP contribution in [0.15, 0.2) is 11.0 Å². The minimum atomic E-state index is -3.89. The number of hydrogen-bond acceptors (Lipinski definition) is 4. The maximum absolute atomic E-state index is 12.1. The molecule has 0 fully saturated rings. The fourth-order valence-electron chi connectivity index (χ4n) is 2.25. The molecule has 0 heterocycles. The van der Waals surface area contributed by atoms with Crippen molar-refractivity contribution in [2.24, 2.45) is 0 Å². The van der Waals surface area contributed by atoms with E-state index in [4.69, 9.17) is 15.4 Å². The van der Waals surface area contributed by atoms with Crippen molar-refractivity contribution < 1.29 is 17.9 Å². The molecule has 1 aromatic carbocycles. The van der Waals surface area contributed by atoms with E-state index in [2.05, 4.69) is 5.32 Å². The van der Waals surface area contributed by atoms with E-state index in [9.17, 15) is 13.2 Å². The van der Waals surface area contributed by atoms with Crippen LogP contribution in [0, 0.1) is 20.8 Å². The predicted molar refractivity (Wildman–Crippen MR) is 77.9 cm³/mol. The standard InChI is InChI=1S/C13H18ClNO4S/c1-8-7-9(2)12(20(14,17)18)10(3)11(8)13(16)15-5-6-19-4/h7H,5-6H2,1-4H3,(H,15,16). The van der Waals surface area contributed by atoms with E-state index < -0.39 is 9.05 Å². The van der Waals surface area contributed by atoms with Gasteiger partial charge in [0.15, 0.2) is 0 Å². The highest BCUT2D eigenvalue weighted by Crippen LogP contribution is 2.28. The average Bonchev–Trinajstić information content (AvgIpc) is 2.26. The number of nitrogens with one attached hydrogen (secondary N) is 1. The summed E-state index contributed by atoms with van der Waals surface area (Å²) in [5.41, 5.74) is 1.95. The van der Waals surface area contributed by atoms with E-state index in [0.29, 0.717) is 35.4 Å². The molecular weight excluding hydrogens is 302 g/mol. The summed E-state index contributed by atoms with van der Waals surface area (Å²) >= 11 is 0. The predicted octanol–water partition coefficient (Wildman–Crippen LogP) is 1.92. The molecule has 0 aliphatic rings. The lowest BCUT2D eigenvalue weighted by molar-refractivity contribution is 0.0935. The molecule has 5 nitrogen and oxygen atoms in total. The topological polar surface area (TPSA) is 72.5 Å². The Morgan fingerprint density at radius 2 is 1.90 bits per heavy atom. The van der Waals surface area contributed by atoms with Crippen molar-refractivity contribution in [3.8, 4) is 0 Å². The molecule has 0 unspecified atom stereocenters. The molecule has 1 amide bonds. The zero-order valence-corrected chi connectivity index (χ0v) is 13.5. The van der Waals surface area contributed by atoms with Gasteiger partial charge in [-0.25, -0.2) is 8.42 Å². The van der Waals surface area contributed by atoms with Crippen molar-refractivity contribution in [3.63, 3.8) is 0 Å². The first-order valence-electron chi connectivity index (χ1n) is 6.02. The number of benzene rings is 1. The highest BCUT2D eigenvalue weighted by Gasteiger charge is 2.23. The first-order valence-corrected chi connectivity index (χ1v) is 8.33. The molecule has 0 aliphatic heterocycles. The Bertz CT molecular complexity index is 626. The van der Waals surface area contributed by atoms with Gasteiger partial charge < -0.3 is 10.1 Å². The van der Waals surface area contributed by atoms with Crippen LogP contribution in [0.3, 0.4) is 0 Å². The van der Waals surface area contributed by atoms with Crippen LogP contribution in [-0.4, -0.2) is 34.6 Å². The maximum atomic E-state index is 12.1. The third kappa shape index (κ3) is 3.71. The van der Waals surface area contributed by atoms with Gasteiger partial charge in [0.1, 0.15) is 0 Å². The van der Waals surface area contributed by atoms with Gasteiger partial charge in [0, 0.05) is 29.9 Å². The highest BCUT2D eigenvalue weighted by molar-refractivity contribution is 8.13. The molecule has 1 N–H and O–H groups in total.